The molecule has 8 aromatic rings. The lowest BCUT2D eigenvalue weighted by Gasteiger charge is -2.18. The molecule has 14 nitrogen and oxygen atoms in total. The van der Waals surface area contributed by atoms with Crippen LogP contribution in [0.1, 0.15) is 45.0 Å². The predicted molar refractivity (Wildman–Crippen MR) is 224 cm³/mol. The quantitative estimate of drug-likeness (QED) is 0.126. The average molecular weight is 856 g/mol. The molecule has 16 heteroatoms. The van der Waals surface area contributed by atoms with Gasteiger partial charge in [0.05, 0.1) is 54.6 Å². The number of rotatable bonds is 6. The van der Waals surface area contributed by atoms with E-state index in [-0.39, 0.29) is 11.9 Å². The molecule has 0 saturated carbocycles. The van der Waals surface area contributed by atoms with Crippen LogP contribution in [-0.2, 0) is 11.9 Å². The van der Waals surface area contributed by atoms with E-state index in [0.717, 1.165) is 22.0 Å². The van der Waals surface area contributed by atoms with Crippen molar-refractivity contribution < 1.29 is 4.39 Å². The molecule has 0 fully saturated rings. The van der Waals surface area contributed by atoms with Crippen LogP contribution in [0.2, 0.25) is 0 Å². The number of halogens is 2. The molecule has 3 aromatic heterocycles. The zero-order valence-corrected chi connectivity index (χ0v) is 33.2. The standard InChI is InChI=1S/C17H11N5.C10H8N4.C8H6BrN.C7H4FN.C2H3N3/c1-19-16-8-6-15(7-9-16)17(22-12-20-11-21-22)14-4-2-13(10-18)3-5-14;11-5-9-1-3-10(4-2-9)6-14-8-12-7-13-14;9-5-7-1-3-8(6-10)4-2-7;1-9-7-4-2-6(8)3-5-7;1-3-2-5-4-1/h2-9,11-12,17H;1-4,7-8H,6H2;1-4H,5H2;2-5H;1-2H,(H,3,4,5). The largest absolute Gasteiger partial charge is 0.266 e. The van der Waals surface area contributed by atoms with E-state index < -0.39 is 0 Å². The highest BCUT2D eigenvalue weighted by molar-refractivity contribution is 9.08. The van der Waals surface area contributed by atoms with Crippen molar-refractivity contribution in [3.63, 3.8) is 0 Å². The van der Waals surface area contributed by atoms with Crippen molar-refractivity contribution in [1.29, 1.82) is 15.8 Å². The molecule has 0 aliphatic heterocycles. The molecule has 0 aliphatic rings. The second-order valence-corrected chi connectivity index (χ2v) is 12.4. The first-order valence-corrected chi connectivity index (χ1v) is 18.6. The van der Waals surface area contributed by atoms with Gasteiger partial charge in [0.2, 0.25) is 0 Å². The fourth-order valence-electron chi connectivity index (χ4n) is 4.86. The minimum absolute atomic E-state index is 0.143. The number of nitriles is 3. The third-order valence-corrected chi connectivity index (χ3v) is 8.46. The first-order valence-electron chi connectivity index (χ1n) is 17.5. The van der Waals surface area contributed by atoms with E-state index in [1.807, 2.05) is 60.7 Å². The van der Waals surface area contributed by atoms with Gasteiger partial charge in [-0.1, -0.05) is 88.7 Å². The first-order chi connectivity index (χ1) is 29.4. The van der Waals surface area contributed by atoms with Crippen molar-refractivity contribution >= 4 is 27.3 Å². The Morgan fingerprint density at radius 2 is 1.10 bits per heavy atom. The van der Waals surface area contributed by atoms with E-state index in [9.17, 15) is 4.39 Å². The highest BCUT2D eigenvalue weighted by Crippen LogP contribution is 2.27. The minimum Gasteiger partial charge on any atom is -0.266 e. The van der Waals surface area contributed by atoms with Gasteiger partial charge < -0.3 is 0 Å². The molecule has 0 aliphatic carbocycles. The molecule has 60 heavy (non-hydrogen) atoms. The molecule has 0 spiro atoms. The van der Waals surface area contributed by atoms with Gasteiger partial charge in [0.15, 0.2) is 11.4 Å². The van der Waals surface area contributed by atoms with E-state index in [2.05, 4.69) is 79.2 Å². The van der Waals surface area contributed by atoms with Crippen LogP contribution in [-0.4, -0.2) is 44.7 Å². The van der Waals surface area contributed by atoms with Gasteiger partial charge in [0, 0.05) is 5.33 Å². The van der Waals surface area contributed by atoms with Crippen molar-refractivity contribution in [3.8, 4) is 18.2 Å². The molecule has 0 radical (unpaired) electrons. The number of H-pyrrole nitrogens is 1. The minimum atomic E-state index is -0.303. The fourth-order valence-corrected chi connectivity index (χ4v) is 5.23. The zero-order valence-electron chi connectivity index (χ0n) is 31.6. The third kappa shape index (κ3) is 14.8. The zero-order chi connectivity index (χ0) is 42.8. The summed E-state index contributed by atoms with van der Waals surface area (Å²) in [5.74, 6) is -0.303. The molecule has 0 saturated heterocycles. The highest BCUT2D eigenvalue weighted by Gasteiger charge is 2.17. The van der Waals surface area contributed by atoms with Crippen molar-refractivity contribution in [3.05, 3.63) is 227 Å². The summed E-state index contributed by atoms with van der Waals surface area (Å²) < 4.78 is 15.6. The molecule has 1 unspecified atom stereocenters. The van der Waals surface area contributed by atoms with Crippen LogP contribution in [0.4, 0.5) is 15.8 Å². The van der Waals surface area contributed by atoms with Gasteiger partial charge in [-0.15, -0.1) is 0 Å². The average Bonchev–Trinajstić information content (AvgIpc) is 4.16. The van der Waals surface area contributed by atoms with Crippen LogP contribution in [0.25, 0.3) is 9.69 Å². The number of nitrogens with one attached hydrogen (secondary N) is 1. The van der Waals surface area contributed by atoms with Gasteiger partial charge >= 0.3 is 0 Å². The van der Waals surface area contributed by atoms with Crippen LogP contribution < -0.4 is 0 Å². The van der Waals surface area contributed by atoms with Crippen molar-refractivity contribution in [1.82, 2.24) is 44.7 Å². The molecule has 8 rings (SSSR count). The number of aromatic nitrogens is 9. The van der Waals surface area contributed by atoms with E-state index in [1.54, 1.807) is 58.4 Å². The topological polar surface area (TPSA) is 183 Å². The number of alkyl halides is 1. The summed E-state index contributed by atoms with van der Waals surface area (Å²) in [6.45, 7) is 14.2. The van der Waals surface area contributed by atoms with Crippen molar-refractivity contribution in [2.24, 2.45) is 0 Å². The molecule has 1 N–H and O–H groups in total. The molecule has 0 amide bonds. The van der Waals surface area contributed by atoms with Crippen LogP contribution >= 0.6 is 15.9 Å². The van der Waals surface area contributed by atoms with E-state index in [0.29, 0.717) is 34.6 Å². The monoisotopic (exact) mass is 854 g/mol. The first kappa shape index (κ1) is 44.1. The summed E-state index contributed by atoms with van der Waals surface area (Å²) in [6.07, 6.45) is 9.28. The molecular weight excluding hydrogens is 823 g/mol. The van der Waals surface area contributed by atoms with Gasteiger partial charge in [0.25, 0.3) is 0 Å². The Morgan fingerprint density at radius 3 is 1.50 bits per heavy atom. The summed E-state index contributed by atoms with van der Waals surface area (Å²) in [5.41, 5.74) is 7.37. The number of aromatic amines is 1. The maximum absolute atomic E-state index is 12.1. The van der Waals surface area contributed by atoms with Gasteiger partial charge in [-0.05, 0) is 70.8 Å². The molecule has 292 valence electrons. The summed E-state index contributed by atoms with van der Waals surface area (Å²) in [6, 6.07) is 41.3. The maximum Gasteiger partial charge on any atom is 0.187 e. The Hall–Kier alpha value is -8.62. The maximum atomic E-state index is 12.1. The lowest BCUT2D eigenvalue weighted by Crippen LogP contribution is -2.12. The van der Waals surface area contributed by atoms with Crippen LogP contribution in [0, 0.1) is 53.0 Å². The van der Waals surface area contributed by atoms with E-state index >= 15 is 0 Å². The summed E-state index contributed by atoms with van der Waals surface area (Å²) in [7, 11) is 0. The Morgan fingerprint density at radius 1 is 0.617 bits per heavy atom. The molecule has 0 bridgehead atoms. The predicted octanol–water partition coefficient (Wildman–Crippen LogP) is 9.17. The van der Waals surface area contributed by atoms with Gasteiger partial charge in [-0.2, -0.15) is 31.1 Å². The summed E-state index contributed by atoms with van der Waals surface area (Å²) >= 11 is 3.32. The second-order valence-electron chi connectivity index (χ2n) is 11.8. The Labute approximate surface area is 353 Å². The molecule has 5 aromatic carbocycles. The highest BCUT2D eigenvalue weighted by atomic mass is 79.9. The van der Waals surface area contributed by atoms with E-state index in [1.165, 1.54) is 55.1 Å². The number of benzene rings is 5. The lowest BCUT2D eigenvalue weighted by atomic mass is 9.98. The third-order valence-electron chi connectivity index (χ3n) is 7.81. The van der Waals surface area contributed by atoms with Crippen LogP contribution in [0.5, 0.6) is 0 Å². The van der Waals surface area contributed by atoms with Gasteiger partial charge in [0.1, 0.15) is 49.8 Å². The number of hydrogen-bond donors (Lipinski definition) is 1. The van der Waals surface area contributed by atoms with Gasteiger partial charge in [-0.25, -0.2) is 38.4 Å². The lowest BCUT2D eigenvalue weighted by molar-refractivity contribution is 0.594. The molecular formula is C44H32BrFN14. The summed E-state index contributed by atoms with van der Waals surface area (Å²) in [5, 5.41) is 41.0. The van der Waals surface area contributed by atoms with Crippen LogP contribution in [0.3, 0.4) is 0 Å². The molecule has 1 atom stereocenters. The molecule has 3 heterocycles. The Kier molecular flexibility index (Phi) is 18.2. The number of hydrogen-bond acceptors (Lipinski definition) is 9. The van der Waals surface area contributed by atoms with E-state index in [4.69, 9.17) is 28.9 Å². The van der Waals surface area contributed by atoms with Gasteiger partial charge in [-0.3, -0.25) is 5.10 Å². The van der Waals surface area contributed by atoms with Crippen LogP contribution in [0.15, 0.2) is 159 Å². The smallest absolute Gasteiger partial charge is 0.187 e. The normalized spacial score (nSPS) is 9.82. The number of nitrogens with zero attached hydrogens (tertiary/aromatic N) is 13. The van der Waals surface area contributed by atoms with Crippen molar-refractivity contribution in [2.75, 3.05) is 0 Å². The Balaban J connectivity index is 0.000000180. The summed E-state index contributed by atoms with van der Waals surface area (Å²) in [4.78, 5) is 17.9. The second kappa shape index (κ2) is 24.8. The SMILES string of the molecule is N#Cc1ccc(CBr)cc1.N#Cc1ccc(Cn2cncn2)cc1.[C-]#[N+]c1ccc(C(c2ccc(C#N)cc2)n2cncn2)cc1.[C-]#[N+]c1ccc(F)cc1.c1nc[nH]n1. The fraction of sp³-hybridized carbons (Fsp3) is 0.0682. The Bertz CT molecular complexity index is 2560. The van der Waals surface area contributed by atoms with Crippen molar-refractivity contribution in [2.45, 2.75) is 17.9 Å².